The SMILES string of the molecule is O=C(CCc1nnc(-c2ccc(Cl)cc2)o1)N1CCN(c2ccccn2)CC1. The van der Waals surface area contributed by atoms with Crippen molar-refractivity contribution in [2.45, 2.75) is 12.8 Å². The molecule has 7 nitrogen and oxygen atoms in total. The third kappa shape index (κ3) is 4.31. The molecular weight excluding hydrogens is 378 g/mol. The van der Waals surface area contributed by atoms with Crippen molar-refractivity contribution in [3.8, 4) is 11.5 Å². The quantitative estimate of drug-likeness (QED) is 0.658. The summed E-state index contributed by atoms with van der Waals surface area (Å²) in [5.41, 5.74) is 0.806. The number of aromatic nitrogens is 3. The van der Waals surface area contributed by atoms with E-state index in [1.807, 2.05) is 35.2 Å². The number of halogens is 1. The lowest BCUT2D eigenvalue weighted by molar-refractivity contribution is -0.131. The molecule has 0 N–H and O–H groups in total. The Kier molecular flexibility index (Phi) is 5.53. The van der Waals surface area contributed by atoms with Crippen LogP contribution in [0.3, 0.4) is 0 Å². The van der Waals surface area contributed by atoms with E-state index in [9.17, 15) is 4.79 Å². The number of rotatable bonds is 5. The summed E-state index contributed by atoms with van der Waals surface area (Å²) >= 11 is 5.89. The molecule has 1 fully saturated rings. The molecule has 28 heavy (non-hydrogen) atoms. The number of benzene rings is 1. The van der Waals surface area contributed by atoms with Gasteiger partial charge in [-0.15, -0.1) is 10.2 Å². The van der Waals surface area contributed by atoms with Crippen LogP contribution >= 0.6 is 11.6 Å². The maximum absolute atomic E-state index is 12.5. The Labute approximate surface area is 168 Å². The van der Waals surface area contributed by atoms with Gasteiger partial charge in [-0.3, -0.25) is 4.79 Å². The summed E-state index contributed by atoms with van der Waals surface area (Å²) in [6.07, 6.45) is 2.57. The molecule has 0 saturated carbocycles. The van der Waals surface area contributed by atoms with Gasteiger partial charge in [0, 0.05) is 55.8 Å². The summed E-state index contributed by atoms with van der Waals surface area (Å²) in [4.78, 5) is 21.0. The van der Waals surface area contributed by atoms with E-state index in [0.717, 1.165) is 24.5 Å². The Hall–Kier alpha value is -2.93. The highest BCUT2D eigenvalue weighted by Gasteiger charge is 2.22. The molecule has 1 saturated heterocycles. The average Bonchev–Trinajstić information content (AvgIpc) is 3.22. The lowest BCUT2D eigenvalue weighted by atomic mass is 10.2. The van der Waals surface area contributed by atoms with Crippen molar-refractivity contribution < 1.29 is 9.21 Å². The first-order valence-corrected chi connectivity index (χ1v) is 9.59. The first kappa shape index (κ1) is 18.4. The highest BCUT2D eigenvalue weighted by Crippen LogP contribution is 2.21. The van der Waals surface area contributed by atoms with Crippen LogP contribution in [0.15, 0.2) is 53.1 Å². The summed E-state index contributed by atoms with van der Waals surface area (Å²) in [5, 5.41) is 8.75. The fraction of sp³-hybridized carbons (Fsp3) is 0.300. The molecular formula is C20H20ClN5O2. The van der Waals surface area contributed by atoms with Crippen molar-refractivity contribution in [1.82, 2.24) is 20.1 Å². The minimum absolute atomic E-state index is 0.104. The summed E-state index contributed by atoms with van der Waals surface area (Å²) in [6, 6.07) is 13.1. The van der Waals surface area contributed by atoms with Gasteiger partial charge in [-0.1, -0.05) is 17.7 Å². The van der Waals surface area contributed by atoms with Crippen LogP contribution in [0.4, 0.5) is 5.82 Å². The van der Waals surface area contributed by atoms with E-state index in [1.165, 1.54) is 0 Å². The van der Waals surface area contributed by atoms with E-state index in [1.54, 1.807) is 18.3 Å². The second kappa shape index (κ2) is 8.39. The number of amides is 1. The van der Waals surface area contributed by atoms with Crippen LogP contribution in [0.25, 0.3) is 11.5 Å². The zero-order chi connectivity index (χ0) is 19.3. The zero-order valence-corrected chi connectivity index (χ0v) is 16.0. The number of carbonyl (C=O) groups is 1. The molecule has 4 rings (SSSR count). The molecule has 1 aromatic carbocycles. The van der Waals surface area contributed by atoms with E-state index >= 15 is 0 Å². The maximum atomic E-state index is 12.5. The van der Waals surface area contributed by atoms with Crippen molar-refractivity contribution in [1.29, 1.82) is 0 Å². The van der Waals surface area contributed by atoms with Crippen LogP contribution in [0, 0.1) is 0 Å². The minimum atomic E-state index is 0.104. The molecule has 3 heterocycles. The molecule has 3 aromatic rings. The number of piperazine rings is 1. The van der Waals surface area contributed by atoms with E-state index in [2.05, 4.69) is 20.1 Å². The molecule has 1 aliphatic rings. The second-order valence-electron chi connectivity index (χ2n) is 6.56. The molecule has 0 bridgehead atoms. The largest absolute Gasteiger partial charge is 0.421 e. The maximum Gasteiger partial charge on any atom is 0.247 e. The smallest absolute Gasteiger partial charge is 0.247 e. The van der Waals surface area contributed by atoms with Gasteiger partial charge in [-0.05, 0) is 36.4 Å². The van der Waals surface area contributed by atoms with Crippen molar-refractivity contribution in [3.05, 3.63) is 59.6 Å². The Bertz CT molecular complexity index is 921. The summed E-state index contributed by atoms with van der Waals surface area (Å²) in [7, 11) is 0. The summed E-state index contributed by atoms with van der Waals surface area (Å²) in [6.45, 7) is 2.94. The Morgan fingerprint density at radius 1 is 1.04 bits per heavy atom. The van der Waals surface area contributed by atoms with Crippen LogP contribution < -0.4 is 4.90 Å². The molecule has 0 aliphatic carbocycles. The molecule has 2 aromatic heterocycles. The second-order valence-corrected chi connectivity index (χ2v) is 7.00. The molecule has 1 aliphatic heterocycles. The molecule has 0 unspecified atom stereocenters. The van der Waals surface area contributed by atoms with Crippen molar-refractivity contribution in [2.75, 3.05) is 31.1 Å². The summed E-state index contributed by atoms with van der Waals surface area (Å²) < 4.78 is 5.67. The van der Waals surface area contributed by atoms with Gasteiger partial charge in [-0.25, -0.2) is 4.98 Å². The Morgan fingerprint density at radius 2 is 1.82 bits per heavy atom. The van der Waals surface area contributed by atoms with E-state index in [0.29, 0.717) is 42.7 Å². The minimum Gasteiger partial charge on any atom is -0.421 e. The van der Waals surface area contributed by atoms with Crippen LogP contribution in [-0.4, -0.2) is 52.2 Å². The number of carbonyl (C=O) groups excluding carboxylic acids is 1. The molecule has 144 valence electrons. The van der Waals surface area contributed by atoms with Crippen molar-refractivity contribution >= 4 is 23.3 Å². The predicted octanol–water partition coefficient (Wildman–Crippen LogP) is 3.07. The standard InChI is InChI=1S/C20H20ClN5O2/c21-16-6-4-15(5-7-16)20-24-23-18(28-20)8-9-19(27)26-13-11-25(12-14-26)17-3-1-2-10-22-17/h1-7,10H,8-9,11-14H2. The number of hydrogen-bond acceptors (Lipinski definition) is 6. The van der Waals surface area contributed by atoms with E-state index < -0.39 is 0 Å². The number of nitrogens with zero attached hydrogens (tertiary/aromatic N) is 5. The number of anilines is 1. The van der Waals surface area contributed by atoms with E-state index in [4.69, 9.17) is 16.0 Å². The molecule has 0 atom stereocenters. The highest BCUT2D eigenvalue weighted by molar-refractivity contribution is 6.30. The topological polar surface area (TPSA) is 75.4 Å². The van der Waals surface area contributed by atoms with Crippen LogP contribution in [0.5, 0.6) is 0 Å². The Morgan fingerprint density at radius 3 is 2.54 bits per heavy atom. The number of hydrogen-bond donors (Lipinski definition) is 0. The molecule has 0 spiro atoms. The number of aryl methyl sites for hydroxylation is 1. The predicted molar refractivity (Wildman–Crippen MR) is 106 cm³/mol. The van der Waals surface area contributed by atoms with Gasteiger partial charge in [0.2, 0.25) is 17.7 Å². The fourth-order valence-electron chi connectivity index (χ4n) is 3.16. The van der Waals surface area contributed by atoms with Gasteiger partial charge in [0.05, 0.1) is 0 Å². The molecule has 0 radical (unpaired) electrons. The van der Waals surface area contributed by atoms with Crippen LogP contribution in [-0.2, 0) is 11.2 Å². The zero-order valence-electron chi connectivity index (χ0n) is 15.3. The first-order chi connectivity index (χ1) is 13.7. The lowest BCUT2D eigenvalue weighted by Crippen LogP contribution is -2.49. The van der Waals surface area contributed by atoms with Gasteiger partial charge in [-0.2, -0.15) is 0 Å². The van der Waals surface area contributed by atoms with Gasteiger partial charge < -0.3 is 14.2 Å². The molecule has 8 heteroatoms. The molecule has 1 amide bonds. The first-order valence-electron chi connectivity index (χ1n) is 9.21. The van der Waals surface area contributed by atoms with Gasteiger partial charge in [0.15, 0.2) is 0 Å². The van der Waals surface area contributed by atoms with Crippen LogP contribution in [0.1, 0.15) is 12.3 Å². The fourth-order valence-corrected chi connectivity index (χ4v) is 3.29. The van der Waals surface area contributed by atoms with Gasteiger partial charge >= 0.3 is 0 Å². The third-order valence-corrected chi connectivity index (χ3v) is 4.97. The summed E-state index contributed by atoms with van der Waals surface area (Å²) in [5.74, 6) is 1.95. The van der Waals surface area contributed by atoms with Crippen LogP contribution in [0.2, 0.25) is 5.02 Å². The normalized spacial score (nSPS) is 14.3. The monoisotopic (exact) mass is 397 g/mol. The van der Waals surface area contributed by atoms with Gasteiger partial charge in [0.25, 0.3) is 0 Å². The average molecular weight is 398 g/mol. The number of pyridine rings is 1. The Balaban J connectivity index is 1.28. The van der Waals surface area contributed by atoms with E-state index in [-0.39, 0.29) is 5.91 Å². The third-order valence-electron chi connectivity index (χ3n) is 4.72. The lowest BCUT2D eigenvalue weighted by Gasteiger charge is -2.35. The highest BCUT2D eigenvalue weighted by atomic mass is 35.5. The van der Waals surface area contributed by atoms with Crippen molar-refractivity contribution in [2.24, 2.45) is 0 Å². The van der Waals surface area contributed by atoms with Gasteiger partial charge in [0.1, 0.15) is 5.82 Å². The van der Waals surface area contributed by atoms with Crippen molar-refractivity contribution in [3.63, 3.8) is 0 Å².